The van der Waals surface area contributed by atoms with Gasteiger partial charge in [-0.1, -0.05) is 26.0 Å². The van der Waals surface area contributed by atoms with Crippen molar-refractivity contribution in [2.75, 3.05) is 6.54 Å². The van der Waals surface area contributed by atoms with E-state index in [1.54, 1.807) is 12.1 Å². The van der Waals surface area contributed by atoms with Crippen molar-refractivity contribution in [1.82, 2.24) is 16.0 Å². The van der Waals surface area contributed by atoms with Crippen molar-refractivity contribution >= 4 is 35.6 Å². The van der Waals surface area contributed by atoms with Gasteiger partial charge in [-0.15, -0.1) is 0 Å². The molecule has 4 amide bonds. The van der Waals surface area contributed by atoms with Crippen molar-refractivity contribution in [3.05, 3.63) is 29.8 Å². The molecule has 0 heterocycles. The van der Waals surface area contributed by atoms with Crippen molar-refractivity contribution < 1.29 is 34.2 Å². The normalized spacial score (nSPS) is 13.8. The third-order valence-electron chi connectivity index (χ3n) is 5.94. The maximum Gasteiger partial charge on any atom is 0.326 e. The summed E-state index contributed by atoms with van der Waals surface area (Å²) in [4.78, 5) is 66.0. The third kappa shape index (κ3) is 14.0. The van der Waals surface area contributed by atoms with Gasteiger partial charge >= 0.3 is 5.97 Å². The number of carbonyl (C=O) groups is 5. The minimum atomic E-state index is -1.44. The lowest BCUT2D eigenvalue weighted by atomic mass is 10.0. The maximum absolute atomic E-state index is 13.4. The number of nitrogens with zero attached hydrogens (tertiary/aromatic N) is 1. The van der Waals surface area contributed by atoms with E-state index in [9.17, 15) is 34.2 Å². The molecule has 4 unspecified atom stereocenters. The second-order valence-corrected chi connectivity index (χ2v) is 10.1. The summed E-state index contributed by atoms with van der Waals surface area (Å²) in [5.74, 6) is -4.28. The summed E-state index contributed by atoms with van der Waals surface area (Å²) in [6, 6.07) is 1.28. The van der Waals surface area contributed by atoms with Crippen molar-refractivity contribution in [3.8, 4) is 5.75 Å². The molecule has 0 saturated carbocycles. The van der Waals surface area contributed by atoms with Gasteiger partial charge in [0, 0.05) is 19.4 Å². The average Bonchev–Trinajstić information content (AvgIpc) is 2.87. The molecule has 1 rings (SSSR count). The van der Waals surface area contributed by atoms with Gasteiger partial charge in [-0.3, -0.25) is 24.2 Å². The van der Waals surface area contributed by atoms with E-state index in [2.05, 4.69) is 20.9 Å². The van der Waals surface area contributed by atoms with E-state index in [-0.39, 0.29) is 56.3 Å². The lowest BCUT2D eigenvalue weighted by Crippen LogP contribution is -2.57. The minimum absolute atomic E-state index is 0.00491. The summed E-state index contributed by atoms with van der Waals surface area (Å²) in [6.45, 7) is 3.92. The molecule has 0 bridgehead atoms. The van der Waals surface area contributed by atoms with Gasteiger partial charge in [0.2, 0.25) is 23.6 Å². The monoisotopic (exact) mass is 578 g/mol. The van der Waals surface area contributed by atoms with Crippen molar-refractivity contribution in [2.45, 2.75) is 76.5 Å². The Morgan fingerprint density at radius 2 is 1.41 bits per heavy atom. The number of benzene rings is 1. The summed E-state index contributed by atoms with van der Waals surface area (Å²) in [5, 5.41) is 26.6. The van der Waals surface area contributed by atoms with Crippen LogP contribution in [0.15, 0.2) is 29.3 Å². The molecule has 228 valence electrons. The molecule has 41 heavy (non-hydrogen) atoms. The molecule has 1 aromatic rings. The number of carboxylic acid groups (broad SMARTS) is 1. The minimum Gasteiger partial charge on any atom is -0.508 e. The fraction of sp³-hybridized carbons (Fsp3) is 0.538. The van der Waals surface area contributed by atoms with E-state index >= 15 is 0 Å². The van der Waals surface area contributed by atoms with E-state index in [4.69, 9.17) is 22.9 Å². The number of rotatable bonds is 18. The lowest BCUT2D eigenvalue weighted by molar-refractivity contribution is -0.142. The number of aliphatic imine (C=N–C) groups is 1. The Kier molecular flexibility index (Phi) is 14.6. The number of carboxylic acids is 1. The highest BCUT2D eigenvalue weighted by Gasteiger charge is 2.30. The number of aliphatic carboxylic acids is 1. The van der Waals surface area contributed by atoms with Crippen LogP contribution in [0.2, 0.25) is 0 Å². The fourth-order valence-electron chi connectivity index (χ4n) is 3.83. The van der Waals surface area contributed by atoms with E-state index in [0.29, 0.717) is 12.0 Å². The Morgan fingerprint density at radius 1 is 0.854 bits per heavy atom. The summed E-state index contributed by atoms with van der Waals surface area (Å²) in [5.41, 5.74) is 22.4. The number of hydrogen-bond acceptors (Lipinski definition) is 8. The van der Waals surface area contributed by atoms with Crippen LogP contribution in [-0.4, -0.2) is 76.5 Å². The van der Waals surface area contributed by atoms with Gasteiger partial charge in [0.15, 0.2) is 5.96 Å². The highest BCUT2D eigenvalue weighted by molar-refractivity contribution is 5.94. The Labute approximate surface area is 238 Å². The van der Waals surface area contributed by atoms with Gasteiger partial charge < -0.3 is 49.1 Å². The largest absolute Gasteiger partial charge is 0.508 e. The number of amides is 4. The molecule has 0 aliphatic carbocycles. The topological polar surface area (TPSA) is 278 Å². The molecule has 15 heteroatoms. The van der Waals surface area contributed by atoms with Gasteiger partial charge in [-0.25, -0.2) is 4.79 Å². The third-order valence-corrected chi connectivity index (χ3v) is 5.94. The first kappa shape index (κ1) is 34.6. The van der Waals surface area contributed by atoms with Crippen LogP contribution in [-0.2, 0) is 30.4 Å². The molecule has 1 aromatic carbocycles. The standard InChI is InChI=1S/C26H42N8O7/c1-14(2)12-17(27)22(37)34-20(13-15-5-7-16(35)8-6-15)24(39)32-18(4-3-11-31-26(29)30)23(38)33-19(25(40)41)9-10-21(28)36/h5-8,14,17-20,35H,3-4,9-13,27H2,1-2H3,(H2,28,36)(H,32,39)(H,33,38)(H,34,37)(H,40,41)(H4,29,30,31). The molecule has 0 aromatic heterocycles. The Hall–Kier alpha value is -4.40. The molecule has 0 saturated heterocycles. The number of phenols is 1. The molecule has 0 aliphatic heterocycles. The number of carbonyl (C=O) groups excluding carboxylic acids is 4. The van der Waals surface area contributed by atoms with Gasteiger partial charge in [-0.2, -0.15) is 0 Å². The molecule has 0 aliphatic rings. The predicted octanol–water partition coefficient (Wildman–Crippen LogP) is -1.83. The van der Waals surface area contributed by atoms with Crippen LogP contribution < -0.4 is 38.9 Å². The number of hydrogen-bond donors (Lipinski definition) is 9. The van der Waals surface area contributed by atoms with E-state index in [1.165, 1.54) is 12.1 Å². The highest BCUT2D eigenvalue weighted by atomic mass is 16.4. The highest BCUT2D eigenvalue weighted by Crippen LogP contribution is 2.13. The van der Waals surface area contributed by atoms with Gasteiger partial charge in [0.05, 0.1) is 6.04 Å². The number of nitrogens with one attached hydrogen (secondary N) is 3. The molecular weight excluding hydrogens is 536 g/mol. The van der Waals surface area contributed by atoms with E-state index in [1.807, 2.05) is 13.8 Å². The predicted molar refractivity (Wildman–Crippen MR) is 151 cm³/mol. The first-order valence-electron chi connectivity index (χ1n) is 13.2. The van der Waals surface area contributed by atoms with E-state index in [0.717, 1.165) is 0 Å². The fourth-order valence-corrected chi connectivity index (χ4v) is 3.83. The Bertz CT molecular complexity index is 1070. The lowest BCUT2D eigenvalue weighted by Gasteiger charge is -2.25. The number of nitrogens with two attached hydrogens (primary N) is 4. The molecule has 0 fully saturated rings. The smallest absolute Gasteiger partial charge is 0.326 e. The van der Waals surface area contributed by atoms with Crippen LogP contribution in [0, 0.1) is 5.92 Å². The number of primary amides is 1. The summed E-state index contributed by atoms with van der Waals surface area (Å²) < 4.78 is 0. The molecule has 15 nitrogen and oxygen atoms in total. The van der Waals surface area contributed by atoms with Crippen LogP contribution in [0.25, 0.3) is 0 Å². The van der Waals surface area contributed by atoms with Crippen molar-refractivity contribution in [3.63, 3.8) is 0 Å². The number of guanidine groups is 1. The first-order chi connectivity index (χ1) is 19.2. The Morgan fingerprint density at radius 3 is 1.95 bits per heavy atom. The van der Waals surface area contributed by atoms with Crippen molar-refractivity contribution in [1.29, 1.82) is 0 Å². The second-order valence-electron chi connectivity index (χ2n) is 10.1. The number of phenolic OH excluding ortho intramolecular Hbond substituents is 1. The van der Waals surface area contributed by atoms with Crippen LogP contribution >= 0.6 is 0 Å². The number of aromatic hydroxyl groups is 1. The summed E-state index contributed by atoms with van der Waals surface area (Å²) >= 11 is 0. The van der Waals surface area contributed by atoms with Crippen LogP contribution in [0.4, 0.5) is 0 Å². The van der Waals surface area contributed by atoms with Crippen LogP contribution in [0.1, 0.15) is 51.5 Å². The second kappa shape index (κ2) is 17.3. The SMILES string of the molecule is CC(C)CC(N)C(=O)NC(Cc1ccc(O)cc1)C(=O)NC(CCCN=C(N)N)C(=O)NC(CCC(N)=O)C(=O)O. The van der Waals surface area contributed by atoms with Crippen LogP contribution in [0.3, 0.4) is 0 Å². The molecule has 13 N–H and O–H groups in total. The van der Waals surface area contributed by atoms with Crippen LogP contribution in [0.5, 0.6) is 5.75 Å². The average molecular weight is 579 g/mol. The van der Waals surface area contributed by atoms with Crippen molar-refractivity contribution in [2.24, 2.45) is 33.8 Å². The first-order valence-corrected chi connectivity index (χ1v) is 13.2. The molecular formula is C26H42N8O7. The maximum atomic E-state index is 13.4. The zero-order valence-corrected chi connectivity index (χ0v) is 23.3. The van der Waals surface area contributed by atoms with Gasteiger partial charge in [0.1, 0.15) is 23.9 Å². The zero-order valence-electron chi connectivity index (χ0n) is 23.3. The van der Waals surface area contributed by atoms with Gasteiger partial charge in [-0.05, 0) is 49.3 Å². The van der Waals surface area contributed by atoms with E-state index < -0.39 is 53.8 Å². The summed E-state index contributed by atoms with van der Waals surface area (Å²) in [6.07, 6.45) is 0.101. The Balaban J connectivity index is 3.19. The molecule has 0 radical (unpaired) electrons. The summed E-state index contributed by atoms with van der Waals surface area (Å²) in [7, 11) is 0. The van der Waals surface area contributed by atoms with Gasteiger partial charge in [0.25, 0.3) is 0 Å². The molecule has 4 atom stereocenters. The quantitative estimate of drug-likeness (QED) is 0.0533. The molecule has 0 spiro atoms. The zero-order chi connectivity index (χ0) is 31.1.